The lowest BCUT2D eigenvalue weighted by Crippen LogP contribution is -2.47. The van der Waals surface area contributed by atoms with Crippen LogP contribution >= 0.6 is 0 Å². The van der Waals surface area contributed by atoms with Crippen molar-refractivity contribution in [3.8, 4) is 0 Å². The Balaban J connectivity index is 1.16. The van der Waals surface area contributed by atoms with Crippen LogP contribution in [-0.4, -0.2) is 29.8 Å². The molecule has 4 nitrogen and oxygen atoms in total. The van der Waals surface area contributed by atoms with Gasteiger partial charge < -0.3 is 10.2 Å². The van der Waals surface area contributed by atoms with Gasteiger partial charge in [0.05, 0.1) is 0 Å². The van der Waals surface area contributed by atoms with Crippen molar-refractivity contribution in [2.24, 2.45) is 23.2 Å². The van der Waals surface area contributed by atoms with Crippen LogP contribution in [0.1, 0.15) is 73.7 Å². The molecule has 5 fully saturated rings. The number of nitrogens with one attached hydrogen (secondary N) is 1. The summed E-state index contributed by atoms with van der Waals surface area (Å²) >= 11 is 0. The van der Waals surface area contributed by atoms with Gasteiger partial charge in [-0.1, -0.05) is 12.1 Å². The lowest BCUT2D eigenvalue weighted by Gasteiger charge is -2.57. The number of rotatable bonds is 6. The molecule has 2 amide bonds. The van der Waals surface area contributed by atoms with E-state index in [0.717, 1.165) is 54.8 Å². The van der Waals surface area contributed by atoms with Gasteiger partial charge in [-0.2, -0.15) is 0 Å². The number of nitrogens with zero attached hydrogens (tertiary/aromatic N) is 1. The Labute approximate surface area is 168 Å². The SMILES string of the molecule is O=C(NCCC12CC3CC(CC(C3)C1)C2)c1cccc(CN2CCCC2=O)c1. The summed E-state index contributed by atoms with van der Waals surface area (Å²) in [5.41, 5.74) is 2.28. The molecule has 1 aliphatic heterocycles. The van der Waals surface area contributed by atoms with Gasteiger partial charge in [-0.15, -0.1) is 0 Å². The minimum absolute atomic E-state index is 0.0272. The summed E-state index contributed by atoms with van der Waals surface area (Å²) in [4.78, 5) is 26.4. The summed E-state index contributed by atoms with van der Waals surface area (Å²) < 4.78 is 0. The summed E-state index contributed by atoms with van der Waals surface area (Å²) in [7, 11) is 0. The molecule has 0 spiro atoms. The molecule has 0 radical (unpaired) electrons. The lowest BCUT2D eigenvalue weighted by atomic mass is 9.49. The number of hydrogen-bond donors (Lipinski definition) is 1. The van der Waals surface area contributed by atoms with Crippen LogP contribution in [0.25, 0.3) is 0 Å². The predicted octanol–water partition coefficient (Wildman–Crippen LogP) is 4.15. The van der Waals surface area contributed by atoms with Crippen LogP contribution in [0.2, 0.25) is 0 Å². The van der Waals surface area contributed by atoms with Gasteiger partial charge in [-0.3, -0.25) is 9.59 Å². The summed E-state index contributed by atoms with van der Waals surface area (Å²) in [6.45, 7) is 2.24. The second-order valence-electron chi connectivity index (χ2n) is 10.0. The summed E-state index contributed by atoms with van der Waals surface area (Å²) in [6.07, 6.45) is 11.3. The third-order valence-corrected chi connectivity index (χ3v) is 7.84. The van der Waals surface area contributed by atoms with E-state index in [2.05, 4.69) is 5.32 Å². The Bertz CT molecular complexity index is 736. The average Bonchev–Trinajstić information content (AvgIpc) is 3.05. The average molecular weight is 381 g/mol. The van der Waals surface area contributed by atoms with Crippen LogP contribution in [0.15, 0.2) is 24.3 Å². The first-order valence-electron chi connectivity index (χ1n) is 11.2. The molecule has 150 valence electrons. The van der Waals surface area contributed by atoms with Crippen LogP contribution in [0.5, 0.6) is 0 Å². The molecular weight excluding hydrogens is 348 g/mol. The van der Waals surface area contributed by atoms with Gasteiger partial charge in [0.25, 0.3) is 5.91 Å². The highest BCUT2D eigenvalue weighted by Crippen LogP contribution is 2.61. The molecular formula is C24H32N2O2. The molecule has 1 aromatic carbocycles. The molecule has 28 heavy (non-hydrogen) atoms. The van der Waals surface area contributed by atoms with E-state index in [1.165, 1.54) is 38.5 Å². The first-order chi connectivity index (χ1) is 13.6. The van der Waals surface area contributed by atoms with E-state index in [1.54, 1.807) is 0 Å². The fraction of sp³-hybridized carbons (Fsp3) is 0.667. The van der Waals surface area contributed by atoms with Crippen LogP contribution in [0, 0.1) is 23.2 Å². The van der Waals surface area contributed by atoms with Crippen molar-refractivity contribution in [1.82, 2.24) is 10.2 Å². The number of hydrogen-bond acceptors (Lipinski definition) is 2. The van der Waals surface area contributed by atoms with Crippen molar-refractivity contribution in [3.05, 3.63) is 35.4 Å². The highest BCUT2D eigenvalue weighted by Gasteiger charge is 2.50. The van der Waals surface area contributed by atoms with Gasteiger partial charge >= 0.3 is 0 Å². The van der Waals surface area contributed by atoms with Crippen molar-refractivity contribution in [1.29, 1.82) is 0 Å². The van der Waals surface area contributed by atoms with E-state index in [1.807, 2.05) is 29.2 Å². The maximum Gasteiger partial charge on any atom is 0.251 e. The fourth-order valence-corrected chi connectivity index (χ4v) is 7.04. The van der Waals surface area contributed by atoms with E-state index in [9.17, 15) is 9.59 Å². The van der Waals surface area contributed by atoms with E-state index >= 15 is 0 Å². The highest BCUT2D eigenvalue weighted by atomic mass is 16.2. The number of carbonyl (C=O) groups excluding carboxylic acids is 2. The standard InChI is InChI=1S/C24H32N2O2/c27-22-5-2-8-26(22)16-17-3-1-4-21(12-17)23(28)25-7-6-24-13-18-9-19(14-24)11-20(10-18)15-24/h1,3-4,12,18-20H,2,5-11,13-16H2,(H,25,28). The molecule has 4 bridgehead atoms. The maximum absolute atomic E-state index is 12.7. The first kappa shape index (κ1) is 18.2. The quantitative estimate of drug-likeness (QED) is 0.806. The van der Waals surface area contributed by atoms with E-state index < -0.39 is 0 Å². The molecule has 5 aliphatic rings. The Kier molecular flexibility index (Phi) is 4.68. The van der Waals surface area contributed by atoms with E-state index in [-0.39, 0.29) is 11.8 Å². The number of amides is 2. The zero-order valence-corrected chi connectivity index (χ0v) is 16.8. The van der Waals surface area contributed by atoms with Crippen molar-refractivity contribution in [2.75, 3.05) is 13.1 Å². The zero-order valence-electron chi connectivity index (χ0n) is 16.8. The molecule has 1 aromatic rings. The molecule has 0 atom stereocenters. The molecule has 1 saturated heterocycles. The molecule has 6 rings (SSSR count). The zero-order chi connectivity index (χ0) is 19.1. The molecule has 4 saturated carbocycles. The maximum atomic E-state index is 12.7. The number of carbonyl (C=O) groups is 2. The van der Waals surface area contributed by atoms with Crippen molar-refractivity contribution < 1.29 is 9.59 Å². The van der Waals surface area contributed by atoms with Crippen LogP contribution in [-0.2, 0) is 11.3 Å². The van der Waals surface area contributed by atoms with Crippen LogP contribution in [0.4, 0.5) is 0 Å². The van der Waals surface area contributed by atoms with Crippen molar-refractivity contribution >= 4 is 11.8 Å². The van der Waals surface area contributed by atoms with Gasteiger partial charge in [0.2, 0.25) is 5.91 Å². The Morgan fingerprint density at radius 2 is 1.82 bits per heavy atom. The Hall–Kier alpha value is -1.84. The summed E-state index contributed by atoms with van der Waals surface area (Å²) in [5.74, 6) is 3.15. The minimum Gasteiger partial charge on any atom is -0.352 e. The van der Waals surface area contributed by atoms with Gasteiger partial charge in [0.1, 0.15) is 0 Å². The monoisotopic (exact) mass is 380 g/mol. The molecule has 0 aromatic heterocycles. The third kappa shape index (κ3) is 3.58. The van der Waals surface area contributed by atoms with Gasteiger partial charge in [0.15, 0.2) is 0 Å². The van der Waals surface area contributed by atoms with E-state index in [0.29, 0.717) is 18.4 Å². The lowest BCUT2D eigenvalue weighted by molar-refractivity contribution is -0.128. The smallest absolute Gasteiger partial charge is 0.251 e. The van der Waals surface area contributed by atoms with Gasteiger partial charge in [0, 0.05) is 31.6 Å². The third-order valence-electron chi connectivity index (χ3n) is 7.84. The second-order valence-corrected chi connectivity index (χ2v) is 10.0. The normalized spacial score (nSPS) is 33.5. The first-order valence-corrected chi connectivity index (χ1v) is 11.2. The van der Waals surface area contributed by atoms with Crippen molar-refractivity contribution in [3.63, 3.8) is 0 Å². The minimum atomic E-state index is 0.0272. The van der Waals surface area contributed by atoms with Crippen LogP contribution < -0.4 is 5.32 Å². The highest BCUT2D eigenvalue weighted by molar-refractivity contribution is 5.94. The Morgan fingerprint density at radius 1 is 1.11 bits per heavy atom. The number of benzene rings is 1. The largest absolute Gasteiger partial charge is 0.352 e. The molecule has 1 heterocycles. The molecule has 4 heteroatoms. The fourth-order valence-electron chi connectivity index (χ4n) is 7.04. The summed E-state index contributed by atoms with van der Waals surface area (Å²) in [5, 5.41) is 3.18. The predicted molar refractivity (Wildman–Crippen MR) is 109 cm³/mol. The number of likely N-dealkylation sites (tertiary alicyclic amines) is 1. The molecule has 4 aliphatic carbocycles. The van der Waals surface area contributed by atoms with Gasteiger partial charge in [-0.25, -0.2) is 0 Å². The topological polar surface area (TPSA) is 49.4 Å². The van der Waals surface area contributed by atoms with Crippen LogP contribution in [0.3, 0.4) is 0 Å². The van der Waals surface area contributed by atoms with E-state index in [4.69, 9.17) is 0 Å². The molecule has 0 unspecified atom stereocenters. The molecule has 1 N–H and O–H groups in total. The second kappa shape index (κ2) is 7.20. The van der Waals surface area contributed by atoms with Crippen molar-refractivity contribution in [2.45, 2.75) is 64.3 Å². The Morgan fingerprint density at radius 3 is 2.46 bits per heavy atom. The van der Waals surface area contributed by atoms with Gasteiger partial charge in [-0.05, 0) is 92.2 Å². The summed E-state index contributed by atoms with van der Waals surface area (Å²) in [6, 6.07) is 7.78.